The van der Waals surface area contributed by atoms with E-state index in [0.29, 0.717) is 21.7 Å². The lowest BCUT2D eigenvalue weighted by Gasteiger charge is -2.18. The first-order valence-electron chi connectivity index (χ1n) is 8.31. The number of phenols is 1. The number of carbonyl (C=O) groups is 2. The number of halogens is 1. The predicted molar refractivity (Wildman–Crippen MR) is 103 cm³/mol. The van der Waals surface area contributed by atoms with Gasteiger partial charge in [-0.1, -0.05) is 66.2 Å². The molecular weight excluding hydrogens is 364 g/mol. The van der Waals surface area contributed by atoms with Crippen molar-refractivity contribution in [1.82, 2.24) is 0 Å². The molecule has 0 aromatic heterocycles. The topological polar surface area (TPSA) is 63.6 Å². The van der Waals surface area contributed by atoms with Gasteiger partial charge in [-0.15, -0.1) is 0 Å². The summed E-state index contributed by atoms with van der Waals surface area (Å²) in [6.45, 7) is 1.68. The summed E-state index contributed by atoms with van der Waals surface area (Å²) in [5.41, 5.74) is 1.46. The highest BCUT2D eigenvalue weighted by molar-refractivity contribution is 6.30. The minimum atomic E-state index is -1.16. The lowest BCUT2D eigenvalue weighted by Crippen LogP contribution is -2.20. The molecule has 1 unspecified atom stereocenters. The highest BCUT2D eigenvalue weighted by Gasteiger charge is 2.28. The van der Waals surface area contributed by atoms with Gasteiger partial charge in [-0.3, -0.25) is 4.79 Å². The van der Waals surface area contributed by atoms with Crippen LogP contribution in [-0.2, 0) is 4.74 Å². The maximum Gasteiger partial charge on any atom is 0.342 e. The summed E-state index contributed by atoms with van der Waals surface area (Å²) in [5.74, 6) is -1.30. The van der Waals surface area contributed by atoms with Crippen LogP contribution in [0.25, 0.3) is 0 Å². The zero-order valence-corrected chi connectivity index (χ0v) is 15.3. The Kier molecular flexibility index (Phi) is 5.57. The number of ketones is 1. The quantitative estimate of drug-likeness (QED) is 0.492. The molecular formula is C22H17ClO4. The van der Waals surface area contributed by atoms with Crippen LogP contribution in [0.5, 0.6) is 5.75 Å². The van der Waals surface area contributed by atoms with Gasteiger partial charge in [0, 0.05) is 16.1 Å². The van der Waals surface area contributed by atoms with E-state index in [2.05, 4.69) is 0 Å². The minimum absolute atomic E-state index is 0.00910. The summed E-state index contributed by atoms with van der Waals surface area (Å²) in [4.78, 5) is 25.6. The molecule has 0 radical (unpaired) electrons. The van der Waals surface area contributed by atoms with Crippen molar-refractivity contribution in [3.8, 4) is 5.75 Å². The van der Waals surface area contributed by atoms with Gasteiger partial charge in [-0.2, -0.15) is 0 Å². The van der Waals surface area contributed by atoms with Gasteiger partial charge in [-0.25, -0.2) is 4.79 Å². The maximum atomic E-state index is 13.0. The molecule has 3 aromatic rings. The molecule has 0 bridgehead atoms. The van der Waals surface area contributed by atoms with Crippen molar-refractivity contribution in [2.45, 2.75) is 13.0 Å². The van der Waals surface area contributed by atoms with E-state index in [1.165, 1.54) is 6.07 Å². The Bertz CT molecular complexity index is 965. The van der Waals surface area contributed by atoms with Crippen LogP contribution in [-0.4, -0.2) is 16.9 Å². The van der Waals surface area contributed by atoms with Crippen LogP contribution < -0.4 is 0 Å². The van der Waals surface area contributed by atoms with E-state index < -0.39 is 12.1 Å². The summed E-state index contributed by atoms with van der Waals surface area (Å²) in [6.07, 6.45) is -1.16. The van der Waals surface area contributed by atoms with Crippen LogP contribution in [0.1, 0.15) is 37.9 Å². The zero-order chi connectivity index (χ0) is 19.4. The first kappa shape index (κ1) is 18.7. The molecule has 3 aromatic carbocycles. The van der Waals surface area contributed by atoms with E-state index in [1.54, 1.807) is 73.7 Å². The monoisotopic (exact) mass is 380 g/mol. The summed E-state index contributed by atoms with van der Waals surface area (Å²) in [5, 5.41) is 10.6. The summed E-state index contributed by atoms with van der Waals surface area (Å²) < 4.78 is 5.52. The number of phenolic OH excluding ortho intramolecular Hbond substituents is 1. The Hall–Kier alpha value is -3.11. The molecule has 3 rings (SSSR count). The fourth-order valence-corrected chi connectivity index (χ4v) is 2.78. The van der Waals surface area contributed by atoms with Gasteiger partial charge >= 0.3 is 5.97 Å². The number of rotatable bonds is 5. The van der Waals surface area contributed by atoms with Crippen molar-refractivity contribution >= 4 is 23.4 Å². The van der Waals surface area contributed by atoms with E-state index in [4.69, 9.17) is 16.3 Å². The van der Waals surface area contributed by atoms with E-state index in [9.17, 15) is 14.7 Å². The van der Waals surface area contributed by atoms with Crippen molar-refractivity contribution in [3.05, 3.63) is 100 Å². The highest BCUT2D eigenvalue weighted by atomic mass is 35.5. The van der Waals surface area contributed by atoms with E-state index in [-0.39, 0.29) is 17.1 Å². The van der Waals surface area contributed by atoms with Gasteiger partial charge in [0.2, 0.25) is 5.78 Å². The predicted octanol–water partition coefficient (Wildman–Crippen LogP) is 5.14. The third-order valence-corrected chi connectivity index (χ3v) is 4.40. The normalized spacial score (nSPS) is 11.6. The minimum Gasteiger partial charge on any atom is -0.507 e. The fourth-order valence-electron chi connectivity index (χ4n) is 2.66. The van der Waals surface area contributed by atoms with Crippen LogP contribution in [0, 0.1) is 6.92 Å². The van der Waals surface area contributed by atoms with Gasteiger partial charge in [0.1, 0.15) is 11.3 Å². The lowest BCUT2D eigenvalue weighted by molar-refractivity contribution is 0.0277. The van der Waals surface area contributed by atoms with Gasteiger partial charge in [-0.05, 0) is 30.7 Å². The Morgan fingerprint density at radius 2 is 1.59 bits per heavy atom. The molecule has 5 heteroatoms. The molecule has 0 aliphatic carbocycles. The Labute approximate surface area is 162 Å². The molecule has 0 fully saturated rings. The summed E-state index contributed by atoms with van der Waals surface area (Å²) in [6, 6.07) is 19.9. The Balaban J connectivity index is 1.97. The molecule has 0 heterocycles. The molecule has 136 valence electrons. The molecule has 0 saturated heterocycles. The van der Waals surface area contributed by atoms with Crippen molar-refractivity contribution in [2.75, 3.05) is 0 Å². The molecule has 27 heavy (non-hydrogen) atoms. The van der Waals surface area contributed by atoms with E-state index in [1.807, 2.05) is 0 Å². The SMILES string of the molecule is Cc1cccc(C(=O)OC(C(=O)c2ccccc2)c2ccc(Cl)cc2)c1O. The summed E-state index contributed by atoms with van der Waals surface area (Å²) in [7, 11) is 0. The summed E-state index contributed by atoms with van der Waals surface area (Å²) >= 11 is 5.93. The molecule has 0 amide bonds. The van der Waals surface area contributed by atoms with Crippen LogP contribution in [0.4, 0.5) is 0 Å². The first-order valence-corrected chi connectivity index (χ1v) is 8.69. The molecule has 0 spiro atoms. The van der Waals surface area contributed by atoms with E-state index >= 15 is 0 Å². The van der Waals surface area contributed by atoms with Gasteiger partial charge in [0.25, 0.3) is 0 Å². The average molecular weight is 381 g/mol. The highest BCUT2D eigenvalue weighted by Crippen LogP contribution is 2.28. The standard InChI is InChI=1S/C22H17ClO4/c1-14-6-5-9-18(19(14)24)22(26)27-21(16-10-12-17(23)13-11-16)20(25)15-7-3-2-4-8-15/h2-13,21,24H,1H3. The van der Waals surface area contributed by atoms with Gasteiger partial charge in [0.15, 0.2) is 6.10 Å². The Morgan fingerprint density at radius 1 is 0.926 bits per heavy atom. The number of Topliss-reactive ketones (excluding diaryl/α,β-unsaturated/α-hetero) is 1. The third-order valence-electron chi connectivity index (χ3n) is 4.15. The number of benzene rings is 3. The molecule has 1 atom stereocenters. The van der Waals surface area contributed by atoms with Crippen LogP contribution in [0.2, 0.25) is 5.02 Å². The zero-order valence-electron chi connectivity index (χ0n) is 14.6. The maximum absolute atomic E-state index is 13.0. The van der Waals surface area contributed by atoms with Gasteiger partial charge < -0.3 is 9.84 Å². The second-order valence-corrected chi connectivity index (χ2v) is 6.47. The average Bonchev–Trinajstić information content (AvgIpc) is 2.69. The van der Waals surface area contributed by atoms with Crippen molar-refractivity contribution < 1.29 is 19.4 Å². The van der Waals surface area contributed by atoms with Crippen molar-refractivity contribution in [1.29, 1.82) is 0 Å². The van der Waals surface area contributed by atoms with Crippen LogP contribution >= 0.6 is 11.6 Å². The number of hydrogen-bond acceptors (Lipinski definition) is 4. The number of carbonyl (C=O) groups excluding carboxylic acids is 2. The van der Waals surface area contributed by atoms with Crippen LogP contribution in [0.3, 0.4) is 0 Å². The second-order valence-electron chi connectivity index (χ2n) is 6.04. The Morgan fingerprint density at radius 3 is 2.26 bits per heavy atom. The van der Waals surface area contributed by atoms with Crippen molar-refractivity contribution in [3.63, 3.8) is 0 Å². The lowest BCUT2D eigenvalue weighted by atomic mass is 9.99. The molecule has 0 aliphatic rings. The number of para-hydroxylation sites is 1. The molecule has 0 aliphatic heterocycles. The number of hydrogen-bond donors (Lipinski definition) is 1. The van der Waals surface area contributed by atoms with E-state index in [0.717, 1.165) is 0 Å². The van der Waals surface area contributed by atoms with Crippen molar-refractivity contribution in [2.24, 2.45) is 0 Å². The number of aryl methyl sites for hydroxylation is 1. The van der Waals surface area contributed by atoms with Crippen LogP contribution in [0.15, 0.2) is 72.8 Å². The molecule has 1 N–H and O–H groups in total. The number of ether oxygens (including phenoxy) is 1. The molecule has 0 saturated carbocycles. The smallest absolute Gasteiger partial charge is 0.342 e. The molecule has 4 nitrogen and oxygen atoms in total. The fraction of sp³-hybridized carbons (Fsp3) is 0.0909. The number of aromatic hydroxyl groups is 1. The first-order chi connectivity index (χ1) is 13.0. The third kappa shape index (κ3) is 4.18. The van der Waals surface area contributed by atoms with Gasteiger partial charge in [0.05, 0.1) is 0 Å². The second kappa shape index (κ2) is 8.06. The number of esters is 1. The largest absolute Gasteiger partial charge is 0.507 e.